The highest BCUT2D eigenvalue weighted by Crippen LogP contribution is 2.40. The molecule has 0 spiro atoms. The first-order chi connectivity index (χ1) is 15.7. The number of ether oxygens (including phenoxy) is 2. The molecule has 2 aromatic rings. The lowest BCUT2D eigenvalue weighted by molar-refractivity contribution is -0.140. The van der Waals surface area contributed by atoms with Gasteiger partial charge in [0, 0.05) is 18.7 Å². The second kappa shape index (κ2) is 10.1. The number of amides is 1. The fourth-order valence-electron chi connectivity index (χ4n) is 3.97. The number of carbonyl (C=O) groups excluding carboxylic acids is 2. The normalized spacial score (nSPS) is 17.8. The number of hydrogen-bond donors (Lipinski definition) is 1. The topological polar surface area (TPSA) is 79.3 Å². The Balaban J connectivity index is 2.15. The Morgan fingerprint density at radius 1 is 1.03 bits per heavy atom. The van der Waals surface area contributed by atoms with E-state index in [2.05, 4.69) is 13.8 Å². The van der Waals surface area contributed by atoms with Gasteiger partial charge in [-0.3, -0.25) is 9.59 Å². The molecule has 1 aliphatic heterocycles. The number of aliphatic hydroxyl groups is 1. The second-order valence-corrected chi connectivity index (χ2v) is 8.69. The smallest absolute Gasteiger partial charge is 0.295 e. The molecule has 0 aromatic heterocycles. The fourth-order valence-corrected chi connectivity index (χ4v) is 3.97. The average molecular weight is 453 g/mol. The summed E-state index contributed by atoms with van der Waals surface area (Å²) in [4.78, 5) is 29.6. The Morgan fingerprint density at radius 3 is 2.21 bits per heavy atom. The summed E-state index contributed by atoms with van der Waals surface area (Å²) in [6.07, 6.45) is 0. The summed E-state index contributed by atoms with van der Waals surface area (Å²) >= 11 is 0. The predicted molar refractivity (Wildman–Crippen MR) is 128 cm³/mol. The third-order valence-corrected chi connectivity index (χ3v) is 5.90. The Labute approximate surface area is 195 Å². The van der Waals surface area contributed by atoms with E-state index in [9.17, 15) is 14.7 Å². The van der Waals surface area contributed by atoms with Crippen LogP contribution in [-0.4, -0.2) is 68.0 Å². The molecule has 1 fully saturated rings. The van der Waals surface area contributed by atoms with E-state index >= 15 is 0 Å². The van der Waals surface area contributed by atoms with Crippen molar-refractivity contribution in [1.29, 1.82) is 0 Å². The van der Waals surface area contributed by atoms with E-state index in [1.165, 1.54) is 14.2 Å². The van der Waals surface area contributed by atoms with E-state index in [1.54, 1.807) is 23.1 Å². The quantitative estimate of drug-likeness (QED) is 0.373. The number of benzene rings is 2. The summed E-state index contributed by atoms with van der Waals surface area (Å²) < 4.78 is 10.6. The van der Waals surface area contributed by atoms with Gasteiger partial charge in [0.25, 0.3) is 11.7 Å². The molecule has 1 N–H and O–H groups in total. The zero-order valence-corrected chi connectivity index (χ0v) is 20.1. The third-order valence-electron chi connectivity index (χ3n) is 5.90. The van der Waals surface area contributed by atoms with Crippen LogP contribution in [0.5, 0.6) is 11.5 Å². The first-order valence-electron chi connectivity index (χ1n) is 10.9. The minimum atomic E-state index is -0.695. The highest BCUT2D eigenvalue weighted by molar-refractivity contribution is 6.46. The maximum Gasteiger partial charge on any atom is 0.295 e. The van der Waals surface area contributed by atoms with Crippen LogP contribution >= 0.6 is 0 Å². The number of methoxy groups -OCH3 is 2. The van der Waals surface area contributed by atoms with Gasteiger partial charge in [-0.05, 0) is 49.3 Å². The Morgan fingerprint density at radius 2 is 1.67 bits per heavy atom. The predicted octanol–water partition coefficient (Wildman–Crippen LogP) is 3.81. The molecule has 7 nitrogen and oxygen atoms in total. The molecule has 0 bridgehead atoms. The van der Waals surface area contributed by atoms with Crippen molar-refractivity contribution in [1.82, 2.24) is 9.80 Å². The summed E-state index contributed by atoms with van der Waals surface area (Å²) in [7, 11) is 6.84. The van der Waals surface area contributed by atoms with Crippen molar-refractivity contribution in [2.24, 2.45) is 0 Å². The zero-order chi connectivity index (χ0) is 24.3. The van der Waals surface area contributed by atoms with Crippen molar-refractivity contribution >= 4 is 17.4 Å². The zero-order valence-electron chi connectivity index (χ0n) is 20.1. The van der Waals surface area contributed by atoms with Crippen molar-refractivity contribution in [2.75, 3.05) is 41.4 Å². The maximum absolute atomic E-state index is 13.1. The molecule has 0 aliphatic carbocycles. The van der Waals surface area contributed by atoms with E-state index in [0.717, 1.165) is 11.1 Å². The number of likely N-dealkylation sites (N-methyl/N-ethyl adjacent to an activating group) is 1. The van der Waals surface area contributed by atoms with Crippen LogP contribution < -0.4 is 9.47 Å². The molecule has 1 amide bonds. The molecule has 0 radical (unpaired) electrons. The van der Waals surface area contributed by atoms with Crippen LogP contribution in [0.4, 0.5) is 0 Å². The molecular weight excluding hydrogens is 420 g/mol. The monoisotopic (exact) mass is 452 g/mol. The third kappa shape index (κ3) is 4.88. The van der Waals surface area contributed by atoms with Gasteiger partial charge in [0.1, 0.15) is 5.76 Å². The number of nitrogens with zero attached hydrogens (tertiary/aromatic N) is 2. The largest absolute Gasteiger partial charge is 0.507 e. The first kappa shape index (κ1) is 24.3. The second-order valence-electron chi connectivity index (χ2n) is 8.69. The number of aliphatic hydroxyl groups excluding tert-OH is 1. The molecule has 0 saturated carbocycles. The lowest BCUT2D eigenvalue weighted by Gasteiger charge is -2.27. The summed E-state index contributed by atoms with van der Waals surface area (Å²) in [6, 6.07) is 12.1. The van der Waals surface area contributed by atoms with Crippen molar-refractivity contribution in [3.63, 3.8) is 0 Å². The minimum absolute atomic E-state index is 0.0725. The van der Waals surface area contributed by atoms with Gasteiger partial charge in [0.15, 0.2) is 11.5 Å². The molecule has 1 heterocycles. The Bertz CT molecular complexity index is 1060. The van der Waals surface area contributed by atoms with Gasteiger partial charge in [-0.1, -0.05) is 38.1 Å². The van der Waals surface area contributed by atoms with Crippen LogP contribution in [0.25, 0.3) is 5.76 Å². The molecule has 1 atom stereocenters. The van der Waals surface area contributed by atoms with Gasteiger partial charge < -0.3 is 24.4 Å². The molecule has 2 aromatic carbocycles. The number of hydrogen-bond acceptors (Lipinski definition) is 6. The van der Waals surface area contributed by atoms with E-state index < -0.39 is 17.7 Å². The maximum atomic E-state index is 13.1. The number of likely N-dealkylation sites (tertiary alicyclic amines) is 1. The lowest BCUT2D eigenvalue weighted by Crippen LogP contribution is -2.35. The molecule has 1 aliphatic rings. The van der Waals surface area contributed by atoms with Crippen molar-refractivity contribution in [3.8, 4) is 11.5 Å². The molecule has 176 valence electrons. The molecule has 1 saturated heterocycles. The number of ketones is 1. The highest BCUT2D eigenvalue weighted by Gasteiger charge is 2.45. The van der Waals surface area contributed by atoms with Crippen LogP contribution in [0.1, 0.15) is 42.5 Å². The highest BCUT2D eigenvalue weighted by atomic mass is 16.5. The number of rotatable bonds is 8. The van der Waals surface area contributed by atoms with Gasteiger partial charge in [0.05, 0.1) is 25.8 Å². The van der Waals surface area contributed by atoms with E-state index in [0.29, 0.717) is 36.1 Å². The summed E-state index contributed by atoms with van der Waals surface area (Å²) in [5.41, 5.74) is 2.38. The van der Waals surface area contributed by atoms with Gasteiger partial charge >= 0.3 is 0 Å². The molecular formula is C26H32N2O5. The van der Waals surface area contributed by atoms with Crippen LogP contribution in [0.3, 0.4) is 0 Å². The fraction of sp³-hybridized carbons (Fsp3) is 0.385. The molecule has 3 rings (SSSR count). The Hall–Kier alpha value is -3.32. The average Bonchev–Trinajstić information content (AvgIpc) is 3.06. The molecule has 7 heteroatoms. The first-order valence-corrected chi connectivity index (χ1v) is 10.9. The summed E-state index contributed by atoms with van der Waals surface area (Å²) in [5.74, 6) is -0.274. The number of carbonyl (C=O) groups is 2. The van der Waals surface area contributed by atoms with Crippen LogP contribution in [-0.2, 0) is 9.59 Å². The van der Waals surface area contributed by atoms with Crippen molar-refractivity contribution in [2.45, 2.75) is 25.8 Å². The van der Waals surface area contributed by atoms with Crippen molar-refractivity contribution in [3.05, 3.63) is 64.7 Å². The van der Waals surface area contributed by atoms with E-state index in [4.69, 9.17) is 9.47 Å². The summed E-state index contributed by atoms with van der Waals surface area (Å²) in [5, 5.41) is 11.2. The lowest BCUT2D eigenvalue weighted by atomic mass is 9.93. The van der Waals surface area contributed by atoms with Gasteiger partial charge in [-0.2, -0.15) is 0 Å². The van der Waals surface area contributed by atoms with Crippen LogP contribution in [0, 0.1) is 0 Å². The molecule has 0 unspecified atom stereocenters. The Kier molecular flexibility index (Phi) is 7.43. The summed E-state index contributed by atoms with van der Waals surface area (Å²) in [6.45, 7) is 5.16. The SMILES string of the molecule is COc1ccc(C(O)=C2C(=O)C(=O)N(CCN(C)C)[C@@H]2c2ccc(C(C)C)cc2)cc1OC. The standard InChI is InChI=1S/C26H32N2O5/c1-16(2)17-7-9-18(10-8-17)23-22(25(30)26(31)28(23)14-13-27(3)4)24(29)19-11-12-20(32-5)21(15-19)33-6/h7-12,15-16,23,29H,13-14H2,1-6H3/t23-/m1/s1. The van der Waals surface area contributed by atoms with E-state index in [1.807, 2.05) is 43.3 Å². The van der Waals surface area contributed by atoms with Gasteiger partial charge in [0.2, 0.25) is 0 Å². The van der Waals surface area contributed by atoms with E-state index in [-0.39, 0.29) is 11.3 Å². The van der Waals surface area contributed by atoms with Crippen molar-refractivity contribution < 1.29 is 24.2 Å². The number of Topliss-reactive ketones (excluding diaryl/α,β-unsaturated/α-hetero) is 1. The van der Waals surface area contributed by atoms with Gasteiger partial charge in [-0.25, -0.2) is 0 Å². The van der Waals surface area contributed by atoms with Crippen LogP contribution in [0.15, 0.2) is 48.0 Å². The van der Waals surface area contributed by atoms with Crippen LogP contribution in [0.2, 0.25) is 0 Å². The van der Waals surface area contributed by atoms with Gasteiger partial charge in [-0.15, -0.1) is 0 Å². The molecule has 33 heavy (non-hydrogen) atoms. The minimum Gasteiger partial charge on any atom is -0.507 e.